The number of nitrogens with zero attached hydrogens (tertiary/aromatic N) is 2. The van der Waals surface area contributed by atoms with E-state index in [4.69, 9.17) is 22.1 Å². The van der Waals surface area contributed by atoms with Gasteiger partial charge in [-0.3, -0.25) is 14.6 Å². The van der Waals surface area contributed by atoms with Crippen LogP contribution in [-0.2, 0) is 11.2 Å². The van der Waals surface area contributed by atoms with Gasteiger partial charge in [0.15, 0.2) is 5.75 Å². The molecule has 4 heterocycles. The highest BCUT2D eigenvalue weighted by atomic mass is 35.5. The van der Waals surface area contributed by atoms with Crippen LogP contribution >= 0.6 is 11.6 Å². The molecule has 1 saturated heterocycles. The van der Waals surface area contributed by atoms with Crippen molar-refractivity contribution >= 4 is 34.8 Å². The van der Waals surface area contributed by atoms with E-state index >= 15 is 0 Å². The number of aromatic amines is 1. The molecule has 10 heteroatoms. The Hall–Kier alpha value is -4.26. The molecule has 40 heavy (non-hydrogen) atoms. The zero-order chi connectivity index (χ0) is 28.3. The summed E-state index contributed by atoms with van der Waals surface area (Å²) >= 11 is 6.39. The van der Waals surface area contributed by atoms with E-state index in [1.54, 1.807) is 36.5 Å². The Morgan fingerprint density at radius 3 is 3.02 bits per heavy atom. The molecule has 1 aromatic carbocycles. The second kappa shape index (κ2) is 11.5. The molecule has 1 atom stereocenters. The Morgan fingerprint density at radius 2 is 2.23 bits per heavy atom. The van der Waals surface area contributed by atoms with E-state index in [1.807, 2.05) is 25.1 Å². The highest BCUT2D eigenvalue weighted by Crippen LogP contribution is 2.41. The minimum Gasteiger partial charge on any atom is -0.493 e. The van der Waals surface area contributed by atoms with Crippen LogP contribution in [0.15, 0.2) is 48.8 Å². The SMILES string of the molecule is COc1c(Cl)cccc1Nc1c(-c2ccncc2C#C[C@@]2(C)CCCN2C(=O)/C=C/CN)[nH]c2c1C(=O)NCC2. The van der Waals surface area contributed by atoms with Gasteiger partial charge in [-0.1, -0.05) is 35.6 Å². The van der Waals surface area contributed by atoms with Crippen LogP contribution in [-0.4, -0.2) is 59.0 Å². The Labute approximate surface area is 238 Å². The van der Waals surface area contributed by atoms with Crippen LogP contribution in [0.5, 0.6) is 5.75 Å². The number of carbonyl (C=O) groups excluding carboxylic acids is 2. The van der Waals surface area contributed by atoms with E-state index in [2.05, 4.69) is 32.4 Å². The number of aromatic nitrogens is 2. The number of nitrogens with two attached hydrogens (primary N) is 1. The third-order valence-electron chi connectivity index (χ3n) is 7.26. The first kappa shape index (κ1) is 27.3. The van der Waals surface area contributed by atoms with Gasteiger partial charge >= 0.3 is 0 Å². The van der Waals surface area contributed by atoms with Crippen LogP contribution < -0.4 is 21.1 Å². The van der Waals surface area contributed by atoms with E-state index in [0.29, 0.717) is 65.0 Å². The predicted octanol–water partition coefficient (Wildman–Crippen LogP) is 4.02. The van der Waals surface area contributed by atoms with Crippen LogP contribution in [0.4, 0.5) is 11.4 Å². The number of amides is 2. The quantitative estimate of drug-likeness (QED) is 0.267. The molecule has 2 aromatic heterocycles. The number of H-pyrrole nitrogens is 1. The molecule has 2 amide bonds. The van der Waals surface area contributed by atoms with Crippen molar-refractivity contribution in [2.45, 2.75) is 31.7 Å². The third kappa shape index (κ3) is 5.16. The molecule has 0 saturated carbocycles. The summed E-state index contributed by atoms with van der Waals surface area (Å²) < 4.78 is 5.54. The molecule has 5 rings (SSSR count). The molecule has 0 radical (unpaired) electrons. The van der Waals surface area contributed by atoms with E-state index < -0.39 is 5.54 Å². The molecule has 2 aliphatic rings. The molecule has 206 valence electrons. The molecule has 1 fully saturated rings. The maximum absolute atomic E-state index is 13.0. The van der Waals surface area contributed by atoms with Gasteiger partial charge in [0.1, 0.15) is 5.54 Å². The van der Waals surface area contributed by atoms with Gasteiger partial charge in [0, 0.05) is 55.8 Å². The van der Waals surface area contributed by atoms with Crippen LogP contribution in [0, 0.1) is 11.8 Å². The topological polar surface area (TPSA) is 125 Å². The minimum absolute atomic E-state index is 0.101. The van der Waals surface area contributed by atoms with Crippen molar-refractivity contribution < 1.29 is 14.3 Å². The van der Waals surface area contributed by atoms with E-state index in [-0.39, 0.29) is 11.8 Å². The zero-order valence-electron chi connectivity index (χ0n) is 22.4. The van der Waals surface area contributed by atoms with Crippen LogP contribution in [0.2, 0.25) is 5.02 Å². The van der Waals surface area contributed by atoms with Crippen molar-refractivity contribution in [2.75, 3.05) is 32.1 Å². The lowest BCUT2D eigenvalue weighted by molar-refractivity contribution is -0.128. The maximum Gasteiger partial charge on any atom is 0.255 e. The van der Waals surface area contributed by atoms with E-state index in [9.17, 15) is 9.59 Å². The van der Waals surface area contributed by atoms with E-state index in [0.717, 1.165) is 24.1 Å². The van der Waals surface area contributed by atoms with Gasteiger partial charge in [-0.2, -0.15) is 0 Å². The Balaban J connectivity index is 1.59. The number of para-hydroxylation sites is 1. The first-order valence-electron chi connectivity index (χ1n) is 13.1. The largest absolute Gasteiger partial charge is 0.493 e. The van der Waals surface area contributed by atoms with Gasteiger partial charge in [0.2, 0.25) is 5.91 Å². The summed E-state index contributed by atoms with van der Waals surface area (Å²) in [5.41, 5.74) is 9.62. The number of methoxy groups -OCH3 is 1. The van der Waals surface area contributed by atoms with Gasteiger partial charge < -0.3 is 31.0 Å². The average Bonchev–Trinajstić information content (AvgIpc) is 3.52. The molecule has 3 aromatic rings. The van der Waals surface area contributed by atoms with Crippen molar-refractivity contribution in [1.29, 1.82) is 0 Å². The highest BCUT2D eigenvalue weighted by Gasteiger charge is 2.37. The van der Waals surface area contributed by atoms with Crippen molar-refractivity contribution in [1.82, 2.24) is 20.2 Å². The minimum atomic E-state index is -0.632. The molecule has 9 nitrogen and oxygen atoms in total. The van der Waals surface area contributed by atoms with Gasteiger partial charge in [-0.15, -0.1) is 0 Å². The summed E-state index contributed by atoms with van der Waals surface area (Å²) in [4.78, 5) is 35.4. The van der Waals surface area contributed by atoms with Crippen LogP contribution in [0.25, 0.3) is 11.3 Å². The number of ether oxygens (including phenoxy) is 1. The molecule has 0 unspecified atom stereocenters. The van der Waals surface area contributed by atoms with Crippen molar-refractivity contribution in [3.05, 3.63) is 70.7 Å². The fraction of sp³-hybridized carbons (Fsp3) is 0.300. The molecular weight excluding hydrogens is 528 g/mol. The Kier molecular flexibility index (Phi) is 7.83. The van der Waals surface area contributed by atoms with E-state index in [1.165, 1.54) is 6.08 Å². The number of benzene rings is 1. The zero-order valence-corrected chi connectivity index (χ0v) is 23.2. The molecular formula is C30H31ClN6O3. The Morgan fingerprint density at radius 1 is 1.38 bits per heavy atom. The van der Waals surface area contributed by atoms with Gasteiger partial charge in [-0.25, -0.2) is 0 Å². The van der Waals surface area contributed by atoms with Crippen molar-refractivity contribution in [3.8, 4) is 28.8 Å². The Bertz CT molecular complexity index is 1550. The molecule has 0 spiro atoms. The normalized spacial score (nSPS) is 18.2. The highest BCUT2D eigenvalue weighted by molar-refractivity contribution is 6.32. The number of pyridine rings is 1. The summed E-state index contributed by atoms with van der Waals surface area (Å²) in [7, 11) is 1.55. The summed E-state index contributed by atoms with van der Waals surface area (Å²) in [5.74, 6) is 6.85. The first-order chi connectivity index (χ1) is 19.4. The van der Waals surface area contributed by atoms with Gasteiger partial charge in [0.25, 0.3) is 5.91 Å². The number of rotatable bonds is 6. The maximum atomic E-state index is 13.0. The van der Waals surface area contributed by atoms with Gasteiger partial charge in [0.05, 0.1) is 40.3 Å². The average molecular weight is 559 g/mol. The molecule has 0 bridgehead atoms. The second-order valence-electron chi connectivity index (χ2n) is 9.86. The third-order valence-corrected chi connectivity index (χ3v) is 7.55. The fourth-order valence-corrected chi connectivity index (χ4v) is 5.53. The lowest BCUT2D eigenvalue weighted by atomic mass is 9.97. The first-order valence-corrected chi connectivity index (χ1v) is 13.5. The summed E-state index contributed by atoms with van der Waals surface area (Å²) in [6.07, 6.45) is 8.83. The number of nitrogens with one attached hydrogen (secondary N) is 3. The lowest BCUT2D eigenvalue weighted by Crippen LogP contribution is -2.43. The standard InChI is InChI=1S/C30H31ClN6O3/c1-30(12-5-17-37(30)24(38)8-4-14-32)13-9-19-18-33-15-10-20(19)26-27(25-22(35-26)11-16-34-29(25)39)36-23-7-3-6-21(31)28(23)40-2/h3-4,6-8,10,15,18,35-36H,5,11-12,14,16-17,32H2,1-2H3,(H,34,39)/b8-4+/t30-/m1/s1. The van der Waals surface area contributed by atoms with Crippen LogP contribution in [0.1, 0.15) is 41.4 Å². The molecule has 5 N–H and O–H groups in total. The second-order valence-corrected chi connectivity index (χ2v) is 10.3. The number of fused-ring (bicyclic) bond motifs is 1. The summed E-state index contributed by atoms with van der Waals surface area (Å²) in [5, 5.41) is 6.78. The number of likely N-dealkylation sites (tertiary alicyclic amines) is 1. The number of carbonyl (C=O) groups is 2. The number of anilines is 2. The van der Waals surface area contributed by atoms with Gasteiger partial charge in [-0.05, 0) is 38.0 Å². The smallest absolute Gasteiger partial charge is 0.255 e. The fourth-order valence-electron chi connectivity index (χ4n) is 5.28. The molecule has 2 aliphatic heterocycles. The monoisotopic (exact) mass is 558 g/mol. The number of halogens is 1. The summed E-state index contributed by atoms with van der Waals surface area (Å²) in [6.45, 7) is 3.45. The van der Waals surface area contributed by atoms with Crippen molar-refractivity contribution in [2.24, 2.45) is 5.73 Å². The number of hydrogen-bond acceptors (Lipinski definition) is 6. The van der Waals surface area contributed by atoms with Crippen molar-refractivity contribution in [3.63, 3.8) is 0 Å². The summed E-state index contributed by atoms with van der Waals surface area (Å²) in [6, 6.07) is 7.26. The number of hydrogen-bond donors (Lipinski definition) is 4. The molecule has 0 aliphatic carbocycles. The predicted molar refractivity (Wildman–Crippen MR) is 156 cm³/mol. The lowest BCUT2D eigenvalue weighted by Gasteiger charge is -2.29. The van der Waals surface area contributed by atoms with Crippen LogP contribution in [0.3, 0.4) is 0 Å².